The van der Waals surface area contributed by atoms with Gasteiger partial charge >= 0.3 is 0 Å². The number of aromatic amines is 1. The minimum atomic E-state index is -3.85. The van der Waals surface area contributed by atoms with Crippen LogP contribution in [0.1, 0.15) is 46.0 Å². The Balaban J connectivity index is 1.85. The van der Waals surface area contributed by atoms with E-state index in [9.17, 15) is 18.3 Å². The summed E-state index contributed by atoms with van der Waals surface area (Å²) in [7, 11) is -2.39. The number of sulfonamides is 1. The fourth-order valence-corrected chi connectivity index (χ4v) is 5.90. The zero-order valence-corrected chi connectivity index (χ0v) is 23.9. The smallest absolute Gasteiger partial charge is 0.279 e. The van der Waals surface area contributed by atoms with E-state index in [1.807, 2.05) is 27.7 Å². The fourth-order valence-electron chi connectivity index (χ4n) is 4.51. The van der Waals surface area contributed by atoms with Crippen molar-refractivity contribution in [1.29, 1.82) is 0 Å². The van der Waals surface area contributed by atoms with E-state index in [2.05, 4.69) is 25.0 Å². The van der Waals surface area contributed by atoms with E-state index in [4.69, 9.17) is 9.47 Å². The van der Waals surface area contributed by atoms with Gasteiger partial charge in [-0.1, -0.05) is 20.8 Å². The maximum absolute atomic E-state index is 13.6. The minimum absolute atomic E-state index is 0.0105. The molecule has 3 aromatic heterocycles. The first-order valence-electron chi connectivity index (χ1n) is 13.2. The van der Waals surface area contributed by atoms with E-state index >= 15 is 0 Å². The molecule has 1 fully saturated rings. The maximum Gasteiger partial charge on any atom is 0.279 e. The van der Waals surface area contributed by atoms with Crippen molar-refractivity contribution >= 4 is 21.1 Å². The number of aromatic nitrogens is 5. The first kappa shape index (κ1) is 29.1. The highest BCUT2D eigenvalue weighted by atomic mass is 32.2. The summed E-state index contributed by atoms with van der Waals surface area (Å²) in [6.07, 6.45) is 1.09. The number of rotatable bonds is 11. The molecular weight excluding hydrogens is 526 g/mol. The van der Waals surface area contributed by atoms with Gasteiger partial charge in [0.2, 0.25) is 15.9 Å². The molecule has 214 valence electrons. The number of likely N-dealkylation sites (N-methyl/N-ethyl adjacent to an activating group) is 1. The number of hydrogen-bond acceptors (Lipinski definition) is 10. The standard InChI is InChI=1S/C25H37N7O6S/c1-6-16(4)38-25-18(13-17(14-26-25)39(35,36)31-11-9-30(8-3)10-12-31)23-27-21-19(7-2)32(20(33)15-37-5)29-22(21)24(34)28-23/h13-14,16,20,33H,6-12,15H2,1-5H3,(H,27,28,34). The largest absolute Gasteiger partial charge is 0.474 e. The molecule has 4 rings (SSSR count). The number of methoxy groups -OCH3 is 1. The SMILES string of the molecule is CCc1c2nc(-c3cc(S(=O)(=O)N4CCN(CC)CC4)cnc3OC(C)CC)[nH]c(=O)c2nn1C(O)COC. The Hall–Kier alpha value is -2.91. The highest BCUT2D eigenvalue weighted by molar-refractivity contribution is 7.89. The molecule has 2 atom stereocenters. The number of hydrogen-bond donors (Lipinski definition) is 2. The van der Waals surface area contributed by atoms with Crippen molar-refractivity contribution in [1.82, 2.24) is 33.9 Å². The molecule has 2 unspecified atom stereocenters. The number of pyridine rings is 1. The van der Waals surface area contributed by atoms with Gasteiger partial charge in [0.25, 0.3) is 5.56 Å². The molecule has 0 bridgehead atoms. The van der Waals surface area contributed by atoms with Gasteiger partial charge in [-0.3, -0.25) is 4.79 Å². The number of aliphatic hydroxyl groups excluding tert-OH is 1. The van der Waals surface area contributed by atoms with Crippen LogP contribution in [0.2, 0.25) is 0 Å². The lowest BCUT2D eigenvalue weighted by molar-refractivity contribution is 0.00722. The van der Waals surface area contributed by atoms with E-state index in [0.29, 0.717) is 50.2 Å². The average Bonchev–Trinajstić information content (AvgIpc) is 3.32. The van der Waals surface area contributed by atoms with Crippen LogP contribution in [0.25, 0.3) is 22.4 Å². The number of fused-ring (bicyclic) bond motifs is 1. The first-order valence-corrected chi connectivity index (χ1v) is 14.7. The van der Waals surface area contributed by atoms with Crippen LogP contribution < -0.4 is 10.3 Å². The highest BCUT2D eigenvalue weighted by Crippen LogP contribution is 2.31. The number of nitrogens with zero attached hydrogens (tertiary/aromatic N) is 6. The predicted octanol–water partition coefficient (Wildman–Crippen LogP) is 1.38. The minimum Gasteiger partial charge on any atom is -0.474 e. The second-order valence-corrected chi connectivity index (χ2v) is 11.4. The van der Waals surface area contributed by atoms with Gasteiger partial charge in [0.1, 0.15) is 16.2 Å². The molecule has 0 aromatic carbocycles. The van der Waals surface area contributed by atoms with Crippen molar-refractivity contribution in [2.24, 2.45) is 0 Å². The third kappa shape index (κ3) is 5.84. The molecular formula is C25H37N7O6S. The highest BCUT2D eigenvalue weighted by Gasteiger charge is 2.30. The molecule has 1 aliphatic heterocycles. The van der Waals surface area contributed by atoms with Crippen molar-refractivity contribution in [2.45, 2.75) is 57.8 Å². The number of nitrogens with one attached hydrogen (secondary N) is 1. The summed E-state index contributed by atoms with van der Waals surface area (Å²) in [4.78, 5) is 27.1. The molecule has 39 heavy (non-hydrogen) atoms. The molecule has 0 radical (unpaired) electrons. The van der Waals surface area contributed by atoms with Crippen LogP contribution in [0.4, 0.5) is 0 Å². The molecule has 2 N–H and O–H groups in total. The summed E-state index contributed by atoms with van der Waals surface area (Å²) in [5, 5.41) is 14.8. The monoisotopic (exact) mass is 563 g/mol. The summed E-state index contributed by atoms with van der Waals surface area (Å²) >= 11 is 0. The number of aliphatic hydroxyl groups is 1. The van der Waals surface area contributed by atoms with E-state index in [-0.39, 0.29) is 40.4 Å². The number of piperazine rings is 1. The van der Waals surface area contributed by atoms with E-state index in [1.54, 1.807) is 0 Å². The predicted molar refractivity (Wildman–Crippen MR) is 145 cm³/mol. The molecule has 1 aliphatic rings. The molecule has 13 nitrogen and oxygen atoms in total. The topological polar surface area (TPSA) is 156 Å². The molecule has 0 amide bonds. The summed E-state index contributed by atoms with van der Waals surface area (Å²) in [5.74, 6) is 0.257. The van der Waals surface area contributed by atoms with Gasteiger partial charge in [-0.05, 0) is 32.4 Å². The van der Waals surface area contributed by atoms with Crippen molar-refractivity contribution in [3.63, 3.8) is 0 Å². The lowest BCUT2D eigenvalue weighted by Crippen LogP contribution is -2.48. The zero-order chi connectivity index (χ0) is 28.3. The molecule has 3 aromatic rings. The first-order chi connectivity index (χ1) is 18.6. The molecule has 1 saturated heterocycles. The van der Waals surface area contributed by atoms with Crippen LogP contribution in [0.15, 0.2) is 22.0 Å². The Morgan fingerprint density at radius 1 is 1.15 bits per heavy atom. The van der Waals surface area contributed by atoms with Crippen molar-refractivity contribution in [3.05, 3.63) is 28.3 Å². The maximum atomic E-state index is 13.6. The molecule has 4 heterocycles. The van der Waals surface area contributed by atoms with Gasteiger partial charge in [-0.25, -0.2) is 23.1 Å². The Bertz CT molecular complexity index is 1460. The van der Waals surface area contributed by atoms with E-state index in [1.165, 1.54) is 28.4 Å². The number of ether oxygens (including phenoxy) is 2. The van der Waals surface area contributed by atoms with Crippen molar-refractivity contribution < 1.29 is 23.0 Å². The van der Waals surface area contributed by atoms with Gasteiger partial charge in [0.05, 0.1) is 30.2 Å². The van der Waals surface area contributed by atoms with Crippen LogP contribution in [0, 0.1) is 0 Å². The third-order valence-corrected chi connectivity index (χ3v) is 8.83. The lowest BCUT2D eigenvalue weighted by Gasteiger charge is -2.33. The molecule has 14 heteroatoms. The second-order valence-electron chi connectivity index (χ2n) is 9.49. The Morgan fingerprint density at radius 2 is 1.87 bits per heavy atom. The Kier molecular flexibility index (Phi) is 9.01. The normalized spacial score (nSPS) is 17.0. The van der Waals surface area contributed by atoms with Crippen LogP contribution in [0.3, 0.4) is 0 Å². The fraction of sp³-hybridized carbons (Fsp3) is 0.600. The van der Waals surface area contributed by atoms with Crippen LogP contribution in [-0.2, 0) is 21.2 Å². The van der Waals surface area contributed by atoms with Gasteiger partial charge in [0.15, 0.2) is 11.7 Å². The zero-order valence-electron chi connectivity index (χ0n) is 23.0. The van der Waals surface area contributed by atoms with Crippen LogP contribution in [-0.4, -0.2) is 100 Å². The Labute approximate surface area is 227 Å². The summed E-state index contributed by atoms with van der Waals surface area (Å²) in [6, 6.07) is 1.45. The van der Waals surface area contributed by atoms with Crippen molar-refractivity contribution in [2.75, 3.05) is 46.4 Å². The lowest BCUT2D eigenvalue weighted by atomic mass is 10.2. The van der Waals surface area contributed by atoms with Crippen LogP contribution in [0.5, 0.6) is 5.88 Å². The van der Waals surface area contributed by atoms with E-state index < -0.39 is 21.8 Å². The van der Waals surface area contributed by atoms with Gasteiger partial charge in [-0.2, -0.15) is 9.40 Å². The molecule has 0 aliphatic carbocycles. The third-order valence-electron chi connectivity index (χ3n) is 6.97. The molecule has 0 spiro atoms. The van der Waals surface area contributed by atoms with Crippen molar-refractivity contribution in [3.8, 4) is 17.3 Å². The Morgan fingerprint density at radius 3 is 2.49 bits per heavy atom. The van der Waals surface area contributed by atoms with Gasteiger partial charge < -0.3 is 24.5 Å². The van der Waals surface area contributed by atoms with Crippen LogP contribution >= 0.6 is 0 Å². The summed E-state index contributed by atoms with van der Waals surface area (Å²) in [6.45, 7) is 10.6. The second kappa shape index (κ2) is 12.1. The average molecular weight is 564 g/mol. The number of aryl methyl sites for hydroxylation is 1. The van der Waals surface area contributed by atoms with Gasteiger partial charge in [0, 0.05) is 33.3 Å². The number of H-pyrrole nitrogens is 1. The van der Waals surface area contributed by atoms with E-state index in [0.717, 1.165) is 6.54 Å². The molecule has 0 saturated carbocycles. The van der Waals surface area contributed by atoms with Gasteiger partial charge in [-0.15, -0.1) is 0 Å². The summed E-state index contributed by atoms with van der Waals surface area (Å²) < 4.78 is 40.9. The summed E-state index contributed by atoms with van der Waals surface area (Å²) in [5.41, 5.74) is 0.601. The quantitative estimate of drug-likeness (QED) is 0.349.